The smallest absolute Gasteiger partial charge is 0.226 e. The number of primary amides is 1. The van der Waals surface area contributed by atoms with E-state index < -0.39 is 83.7 Å². The number of ketones is 5. The number of carbonyl (C=O) groups excluding carboxylic acids is 11. The van der Waals surface area contributed by atoms with Gasteiger partial charge in [0, 0.05) is 112 Å². The van der Waals surface area contributed by atoms with Crippen LogP contribution in [0.2, 0.25) is 0 Å². The number of carbonyl (C=O) groups is 11. The van der Waals surface area contributed by atoms with Crippen molar-refractivity contribution in [2.45, 2.75) is 259 Å². The molecule has 0 bridgehead atoms. The van der Waals surface area contributed by atoms with Crippen LogP contribution in [0.3, 0.4) is 0 Å². The first-order valence-corrected chi connectivity index (χ1v) is 41.8. The standard InChI is InChI=1S/C47H70N8O6S.C36H68N6O6/c1-5-30(2)37(44(49)59)28-43(58)39(24-32-15-7-6-8-16-32)54-46(61)34(20-23-62-4)27-42(57)40(25-35-29-53-38-19-10-9-18-36(35)38)55-45(60)33(17-11-12-21-48)26-41(56)31(3)14-13-22-52-47(50)51;1-5-6-7-8-9-10-11-12-13-14-15-16-17-20-33(46)41-25-30(44)23-29(26-43)35(48)42-31(19-18-21-40-36(37)38)32(45)24-28(22-27(2)3)34(47)39-4/h6-10,15-16,18-19,29-31,33-34,37,39-40,53H,5,11-14,17,20-28,48H2,1-4H3,(H2,49,59)(H,54,61)(H,55,60)(H4,50,51,52);27-29,31,43H,5-26H2,1-4H3,(H,39,47)(H,41,46)(H,42,48)(H4,37,38,40)/t30-,31-,33+,34+,37-,39-,40-;28-,29+,31+/m01/s1. The second-order valence-corrected chi connectivity index (χ2v) is 31.1. The monoisotopic (exact) mass is 1560 g/mol. The molecule has 3 rings (SSSR count). The van der Waals surface area contributed by atoms with Crippen molar-refractivity contribution >= 4 is 98.9 Å². The van der Waals surface area contributed by atoms with Crippen molar-refractivity contribution in [3.8, 4) is 0 Å². The van der Waals surface area contributed by atoms with Crippen molar-refractivity contribution in [3.05, 3.63) is 71.9 Å². The number of aromatic amines is 1. The van der Waals surface area contributed by atoms with Gasteiger partial charge in [-0.2, -0.15) is 11.8 Å². The molecule has 0 unspecified atom stereocenters. The number of nitrogens with zero attached hydrogens (tertiary/aromatic N) is 2. The van der Waals surface area contributed by atoms with E-state index in [1.165, 1.54) is 83.0 Å². The van der Waals surface area contributed by atoms with Crippen LogP contribution < -0.4 is 61.0 Å². The Morgan fingerprint density at radius 1 is 0.536 bits per heavy atom. The van der Waals surface area contributed by atoms with Crippen LogP contribution >= 0.6 is 11.8 Å². The van der Waals surface area contributed by atoms with E-state index in [0.717, 1.165) is 41.3 Å². The zero-order chi connectivity index (χ0) is 81.8. The first kappa shape index (κ1) is 98.0. The molecule has 26 nitrogen and oxygen atoms in total. The molecule has 3 aromatic rings. The van der Waals surface area contributed by atoms with Crippen molar-refractivity contribution in [1.29, 1.82) is 0 Å². The van der Waals surface area contributed by atoms with Gasteiger partial charge < -0.3 is 71.1 Å². The van der Waals surface area contributed by atoms with Crippen LogP contribution in [0.25, 0.3) is 10.9 Å². The minimum atomic E-state index is -1.09. The summed E-state index contributed by atoms with van der Waals surface area (Å²) in [7, 11) is 1.51. The molecule has 2 aromatic carbocycles. The minimum Gasteiger partial charge on any atom is -0.396 e. The number of amides is 6. The number of para-hydroxylation sites is 1. The summed E-state index contributed by atoms with van der Waals surface area (Å²) in [5.41, 5.74) is 35.7. The van der Waals surface area contributed by atoms with Gasteiger partial charge in [-0.15, -0.1) is 0 Å². The largest absolute Gasteiger partial charge is 0.396 e. The first-order chi connectivity index (χ1) is 52.6. The van der Waals surface area contributed by atoms with Gasteiger partial charge in [-0.1, -0.05) is 180 Å². The molecular weight excluding hydrogens is 1420 g/mol. The highest BCUT2D eigenvalue weighted by molar-refractivity contribution is 7.98. The summed E-state index contributed by atoms with van der Waals surface area (Å²) in [6.45, 7) is 12.0. The Hall–Kier alpha value is -8.04. The number of hydrogen-bond acceptors (Lipinski definition) is 16. The lowest BCUT2D eigenvalue weighted by Crippen LogP contribution is -2.49. The van der Waals surface area contributed by atoms with Crippen LogP contribution in [0, 0.1) is 47.3 Å². The van der Waals surface area contributed by atoms with Crippen molar-refractivity contribution in [1.82, 2.24) is 31.6 Å². The maximum atomic E-state index is 14.6. The van der Waals surface area contributed by atoms with Crippen molar-refractivity contribution in [3.63, 3.8) is 0 Å². The molecule has 1 aromatic heterocycles. The molecule has 6 amide bonds. The lowest BCUT2D eigenvalue weighted by molar-refractivity contribution is -0.135. The quantitative estimate of drug-likeness (QED) is 0.0142. The molecule has 1 heterocycles. The van der Waals surface area contributed by atoms with E-state index in [9.17, 15) is 57.8 Å². The lowest BCUT2D eigenvalue weighted by atomic mass is 9.84. The fourth-order valence-corrected chi connectivity index (χ4v) is 14.0. The zero-order valence-corrected chi connectivity index (χ0v) is 68.3. The highest BCUT2D eigenvalue weighted by Crippen LogP contribution is 2.27. The van der Waals surface area contributed by atoms with Gasteiger partial charge in [-0.25, -0.2) is 0 Å². The fraction of sp³-hybridized carbons (Fsp3) is 0.675. The van der Waals surface area contributed by atoms with E-state index >= 15 is 0 Å². The SMILES string of the molecule is CCCCCCCCCCCCCCCC(=O)NCC(=O)C[C@@H](CO)C(=O)N[C@@H](CCCN=C(N)N)C(=O)C[C@@H](CC(C)C)C(=O)NC.CC[C@H](C)[C@H](CC(=O)[C@H](Cc1ccccc1)NC(=O)[C@H](CCSC)CC(=O)[C@H](Cc1c[nH]c2ccccc12)NC(=O)[C@H](CCCCN)CC(=O)[C@@H](C)CCCN=C(N)N)C(N)=O. The third-order valence-corrected chi connectivity index (χ3v) is 21.0. The number of H-pyrrole nitrogens is 1. The molecule has 10 atom stereocenters. The Labute approximate surface area is 659 Å². The molecule has 0 fully saturated rings. The van der Waals surface area contributed by atoms with Crippen LogP contribution in [0.4, 0.5) is 0 Å². The molecule has 110 heavy (non-hydrogen) atoms. The number of hydrogen-bond donors (Lipinski definition) is 13. The highest BCUT2D eigenvalue weighted by atomic mass is 32.2. The van der Waals surface area contributed by atoms with Gasteiger partial charge in [0.1, 0.15) is 5.78 Å². The summed E-state index contributed by atoms with van der Waals surface area (Å²) in [5.74, 6) is -7.70. The Morgan fingerprint density at radius 3 is 1.61 bits per heavy atom. The number of guanidine groups is 2. The van der Waals surface area contributed by atoms with Crippen molar-refractivity contribution < 1.29 is 57.8 Å². The molecule has 0 saturated carbocycles. The Bertz CT molecular complexity index is 3290. The topological polar surface area (TPSA) is 465 Å². The van der Waals surface area contributed by atoms with E-state index in [1.54, 1.807) is 0 Å². The molecular formula is C83H138N14O12S. The van der Waals surface area contributed by atoms with E-state index in [0.29, 0.717) is 83.1 Å². The number of nitrogens with two attached hydrogens (primary N) is 6. The lowest BCUT2D eigenvalue weighted by Gasteiger charge is -2.26. The van der Waals surface area contributed by atoms with Crippen molar-refractivity contribution in [2.24, 2.45) is 91.7 Å². The second kappa shape index (κ2) is 57.9. The summed E-state index contributed by atoms with van der Waals surface area (Å²) in [5, 5.41) is 24.7. The van der Waals surface area contributed by atoms with Crippen LogP contribution in [0.5, 0.6) is 0 Å². The number of aliphatic hydroxyl groups excluding tert-OH is 1. The predicted molar refractivity (Wildman–Crippen MR) is 441 cm³/mol. The fourth-order valence-electron chi connectivity index (χ4n) is 13.4. The number of aliphatic imine (C=N–C) groups is 2. The van der Waals surface area contributed by atoms with E-state index in [4.69, 9.17) is 34.4 Å². The molecule has 0 spiro atoms. The van der Waals surface area contributed by atoms with E-state index in [2.05, 4.69) is 48.5 Å². The molecule has 19 N–H and O–H groups in total. The highest BCUT2D eigenvalue weighted by Gasteiger charge is 2.36. The van der Waals surface area contributed by atoms with Crippen LogP contribution in [-0.4, -0.2) is 156 Å². The maximum absolute atomic E-state index is 14.6. The van der Waals surface area contributed by atoms with Gasteiger partial charge in [0.15, 0.2) is 35.1 Å². The third kappa shape index (κ3) is 41.8. The number of fused-ring (bicyclic) bond motifs is 1. The Morgan fingerprint density at radius 2 is 1.05 bits per heavy atom. The molecule has 0 aliphatic carbocycles. The number of nitrogens with one attached hydrogen (secondary N) is 6. The second-order valence-electron chi connectivity index (χ2n) is 30.1. The maximum Gasteiger partial charge on any atom is 0.226 e. The van der Waals surface area contributed by atoms with Gasteiger partial charge in [0.05, 0.1) is 37.2 Å². The zero-order valence-electron chi connectivity index (χ0n) is 67.5. The molecule has 618 valence electrons. The molecule has 0 saturated heterocycles. The number of aromatic nitrogens is 1. The number of rotatable bonds is 62. The van der Waals surface area contributed by atoms with Gasteiger partial charge in [0.2, 0.25) is 35.4 Å². The summed E-state index contributed by atoms with van der Waals surface area (Å²) in [6, 6.07) is 14.0. The molecule has 0 aliphatic heterocycles. The van der Waals surface area contributed by atoms with E-state index in [1.807, 2.05) is 102 Å². The van der Waals surface area contributed by atoms with Gasteiger partial charge in [0.25, 0.3) is 0 Å². The van der Waals surface area contributed by atoms with Crippen LogP contribution in [0.15, 0.2) is 70.8 Å². The summed E-state index contributed by atoms with van der Waals surface area (Å²) in [4.78, 5) is 158. The average Bonchev–Trinajstić information content (AvgIpc) is 1.63. The van der Waals surface area contributed by atoms with Gasteiger partial charge in [-0.05, 0) is 112 Å². The van der Waals surface area contributed by atoms with Gasteiger partial charge in [-0.3, -0.25) is 62.7 Å². The summed E-state index contributed by atoms with van der Waals surface area (Å²) < 4.78 is 0. The number of benzene rings is 2. The number of aliphatic hydroxyl groups is 1. The van der Waals surface area contributed by atoms with Crippen molar-refractivity contribution in [2.75, 3.05) is 51.8 Å². The molecule has 0 radical (unpaired) electrons. The first-order valence-electron chi connectivity index (χ1n) is 40.4. The normalized spacial score (nSPS) is 14.0. The van der Waals surface area contributed by atoms with Crippen LogP contribution in [-0.2, 0) is 65.6 Å². The number of unbranched alkanes of at least 4 members (excludes halogenated alkanes) is 13. The number of thioether (sulfide) groups is 1. The molecule has 0 aliphatic rings. The summed E-state index contributed by atoms with van der Waals surface area (Å²) >= 11 is 1.53. The third-order valence-electron chi connectivity index (χ3n) is 20.4. The minimum absolute atomic E-state index is 0.00288. The summed E-state index contributed by atoms with van der Waals surface area (Å²) in [6.07, 6.45) is 24.5. The molecule has 27 heteroatoms. The van der Waals surface area contributed by atoms with Gasteiger partial charge >= 0.3 is 0 Å². The van der Waals surface area contributed by atoms with E-state index in [-0.39, 0.29) is 129 Å². The van der Waals surface area contributed by atoms with Crippen LogP contribution in [0.1, 0.15) is 239 Å². The Kier molecular flexibility index (Phi) is 51.6. The number of Topliss-reactive ketones (excluding diaryl/α,β-unsaturated/α-hetero) is 5. The Balaban J connectivity index is 0.000000774. The predicted octanol–water partition coefficient (Wildman–Crippen LogP) is 8.81. The average molecular weight is 1560 g/mol.